The van der Waals surface area contributed by atoms with Crippen molar-refractivity contribution in [2.75, 3.05) is 19.6 Å². The second-order valence-corrected chi connectivity index (χ2v) is 5.22. The molecular weight excluding hydrogens is 276 g/mol. The van der Waals surface area contributed by atoms with Crippen molar-refractivity contribution in [1.29, 1.82) is 0 Å². The second-order valence-electron chi connectivity index (χ2n) is 4.36. The van der Waals surface area contributed by atoms with E-state index in [1.54, 1.807) is 0 Å². The third kappa shape index (κ3) is 6.20. The van der Waals surface area contributed by atoms with Gasteiger partial charge in [0.2, 0.25) is 0 Å². The average Bonchev–Trinajstić information content (AvgIpc) is 2.32. The summed E-state index contributed by atoms with van der Waals surface area (Å²) in [6, 6.07) is 6.53. The molecule has 0 saturated carbocycles. The highest BCUT2D eigenvalue weighted by Gasteiger charge is 1.97. The topological polar surface area (TPSA) is 24.1 Å². The van der Waals surface area contributed by atoms with Crippen molar-refractivity contribution in [3.63, 3.8) is 0 Å². The van der Waals surface area contributed by atoms with E-state index in [2.05, 4.69) is 58.6 Å². The molecule has 0 amide bonds. The van der Waals surface area contributed by atoms with Gasteiger partial charge < -0.3 is 10.6 Å². The van der Waals surface area contributed by atoms with Crippen LogP contribution in [-0.2, 0) is 6.54 Å². The Morgan fingerprint density at radius 1 is 1.12 bits per heavy atom. The maximum absolute atomic E-state index is 3.56. The van der Waals surface area contributed by atoms with E-state index in [4.69, 9.17) is 0 Å². The molecule has 0 unspecified atom stereocenters. The molecule has 0 saturated heterocycles. The lowest BCUT2D eigenvalue weighted by Gasteiger charge is -2.07. The van der Waals surface area contributed by atoms with Gasteiger partial charge in [-0.15, -0.1) is 0 Å². The zero-order valence-electron chi connectivity index (χ0n) is 10.9. The van der Waals surface area contributed by atoms with Crippen LogP contribution in [0.2, 0.25) is 0 Å². The molecule has 2 nitrogen and oxygen atoms in total. The van der Waals surface area contributed by atoms with Gasteiger partial charge in [-0.25, -0.2) is 0 Å². The Morgan fingerprint density at radius 3 is 2.59 bits per heavy atom. The predicted octanol–water partition coefficient (Wildman–Crippen LogP) is 3.24. The molecule has 0 spiro atoms. The van der Waals surface area contributed by atoms with Gasteiger partial charge in [-0.05, 0) is 56.6 Å². The van der Waals surface area contributed by atoms with Crippen molar-refractivity contribution in [3.05, 3.63) is 33.8 Å². The SMILES string of the molecule is CCCNCCCNCc1ccc(C)c(Br)c1. The van der Waals surface area contributed by atoms with Crippen LogP contribution in [0.4, 0.5) is 0 Å². The predicted molar refractivity (Wildman–Crippen MR) is 78.4 cm³/mol. The van der Waals surface area contributed by atoms with Crippen LogP contribution in [0.3, 0.4) is 0 Å². The van der Waals surface area contributed by atoms with Crippen LogP contribution in [0.1, 0.15) is 30.9 Å². The van der Waals surface area contributed by atoms with E-state index >= 15 is 0 Å². The summed E-state index contributed by atoms with van der Waals surface area (Å²) in [7, 11) is 0. The first-order valence-corrected chi connectivity index (χ1v) is 7.19. The maximum atomic E-state index is 3.56. The van der Waals surface area contributed by atoms with Crippen molar-refractivity contribution in [2.45, 2.75) is 33.2 Å². The number of nitrogens with one attached hydrogen (secondary N) is 2. The molecule has 1 rings (SSSR count). The Morgan fingerprint density at radius 2 is 1.88 bits per heavy atom. The minimum Gasteiger partial charge on any atom is -0.317 e. The molecule has 0 radical (unpaired) electrons. The summed E-state index contributed by atoms with van der Waals surface area (Å²) in [6.07, 6.45) is 2.40. The Hall–Kier alpha value is -0.380. The fourth-order valence-electron chi connectivity index (χ4n) is 1.62. The maximum Gasteiger partial charge on any atom is 0.0207 e. The van der Waals surface area contributed by atoms with Crippen molar-refractivity contribution in [3.8, 4) is 0 Å². The van der Waals surface area contributed by atoms with Crippen molar-refractivity contribution in [1.82, 2.24) is 10.6 Å². The highest BCUT2D eigenvalue weighted by atomic mass is 79.9. The molecule has 0 aliphatic rings. The van der Waals surface area contributed by atoms with Crippen LogP contribution in [0, 0.1) is 6.92 Å². The minimum absolute atomic E-state index is 0.951. The first kappa shape index (κ1) is 14.7. The fraction of sp³-hybridized carbons (Fsp3) is 0.571. The Kier molecular flexibility index (Phi) is 7.49. The van der Waals surface area contributed by atoms with E-state index in [0.717, 1.165) is 26.2 Å². The molecule has 3 heteroatoms. The summed E-state index contributed by atoms with van der Waals surface area (Å²) < 4.78 is 1.20. The van der Waals surface area contributed by atoms with E-state index < -0.39 is 0 Å². The molecule has 17 heavy (non-hydrogen) atoms. The van der Waals surface area contributed by atoms with Crippen LogP contribution >= 0.6 is 15.9 Å². The molecule has 0 aromatic heterocycles. The van der Waals surface area contributed by atoms with E-state index in [0.29, 0.717) is 0 Å². The molecule has 0 aliphatic carbocycles. The zero-order valence-corrected chi connectivity index (χ0v) is 12.4. The molecule has 2 N–H and O–H groups in total. The highest BCUT2D eigenvalue weighted by Crippen LogP contribution is 2.17. The average molecular weight is 299 g/mol. The molecular formula is C14H23BrN2. The monoisotopic (exact) mass is 298 g/mol. The Labute approximate surface area is 113 Å². The van der Waals surface area contributed by atoms with Gasteiger partial charge in [0, 0.05) is 11.0 Å². The van der Waals surface area contributed by atoms with Crippen LogP contribution in [-0.4, -0.2) is 19.6 Å². The number of aryl methyl sites for hydroxylation is 1. The lowest BCUT2D eigenvalue weighted by Crippen LogP contribution is -2.22. The lowest BCUT2D eigenvalue weighted by molar-refractivity contribution is 0.592. The number of rotatable bonds is 8. The Bertz CT molecular complexity index is 326. The third-order valence-electron chi connectivity index (χ3n) is 2.70. The number of hydrogen-bond donors (Lipinski definition) is 2. The molecule has 0 bridgehead atoms. The zero-order chi connectivity index (χ0) is 12.5. The van der Waals surface area contributed by atoms with E-state index in [1.807, 2.05) is 0 Å². The van der Waals surface area contributed by atoms with Crippen LogP contribution in [0.15, 0.2) is 22.7 Å². The smallest absolute Gasteiger partial charge is 0.0207 e. The summed E-state index contributed by atoms with van der Waals surface area (Å²) in [5, 5.41) is 6.87. The minimum atomic E-state index is 0.951. The largest absolute Gasteiger partial charge is 0.317 e. The fourth-order valence-corrected chi connectivity index (χ4v) is 2.05. The number of halogens is 1. The lowest BCUT2D eigenvalue weighted by atomic mass is 10.1. The summed E-state index contributed by atoms with van der Waals surface area (Å²) >= 11 is 3.56. The quantitative estimate of drug-likeness (QED) is 0.720. The Balaban J connectivity index is 2.11. The van der Waals surface area contributed by atoms with E-state index in [1.165, 1.54) is 28.4 Å². The van der Waals surface area contributed by atoms with E-state index in [-0.39, 0.29) is 0 Å². The third-order valence-corrected chi connectivity index (χ3v) is 3.55. The highest BCUT2D eigenvalue weighted by molar-refractivity contribution is 9.10. The van der Waals surface area contributed by atoms with Crippen molar-refractivity contribution < 1.29 is 0 Å². The first-order valence-electron chi connectivity index (χ1n) is 6.40. The molecule has 0 fully saturated rings. The van der Waals surface area contributed by atoms with Gasteiger partial charge in [0.25, 0.3) is 0 Å². The van der Waals surface area contributed by atoms with Crippen LogP contribution in [0.25, 0.3) is 0 Å². The summed E-state index contributed by atoms with van der Waals surface area (Å²) in [4.78, 5) is 0. The van der Waals surface area contributed by atoms with Gasteiger partial charge in [-0.3, -0.25) is 0 Å². The molecule has 1 aromatic carbocycles. The van der Waals surface area contributed by atoms with Gasteiger partial charge >= 0.3 is 0 Å². The molecule has 0 heterocycles. The normalized spacial score (nSPS) is 10.8. The van der Waals surface area contributed by atoms with Crippen LogP contribution in [0.5, 0.6) is 0 Å². The van der Waals surface area contributed by atoms with Gasteiger partial charge in [0.1, 0.15) is 0 Å². The molecule has 0 atom stereocenters. The number of hydrogen-bond acceptors (Lipinski definition) is 2. The van der Waals surface area contributed by atoms with Gasteiger partial charge in [-0.2, -0.15) is 0 Å². The van der Waals surface area contributed by atoms with Gasteiger partial charge in [0.15, 0.2) is 0 Å². The van der Waals surface area contributed by atoms with Crippen molar-refractivity contribution in [2.24, 2.45) is 0 Å². The summed E-state index contributed by atoms with van der Waals surface area (Å²) in [6.45, 7) is 8.57. The summed E-state index contributed by atoms with van der Waals surface area (Å²) in [5.74, 6) is 0. The number of benzene rings is 1. The van der Waals surface area contributed by atoms with Gasteiger partial charge in [-0.1, -0.05) is 35.0 Å². The first-order chi connectivity index (χ1) is 8.24. The second kappa shape index (κ2) is 8.67. The molecule has 96 valence electrons. The molecule has 1 aromatic rings. The molecule has 0 aliphatic heterocycles. The van der Waals surface area contributed by atoms with Crippen molar-refractivity contribution >= 4 is 15.9 Å². The standard InChI is InChI=1S/C14H23BrN2/c1-3-7-16-8-4-9-17-11-13-6-5-12(2)14(15)10-13/h5-6,10,16-17H,3-4,7-9,11H2,1-2H3. The van der Waals surface area contributed by atoms with Crippen LogP contribution < -0.4 is 10.6 Å². The van der Waals surface area contributed by atoms with E-state index in [9.17, 15) is 0 Å². The summed E-state index contributed by atoms with van der Waals surface area (Å²) in [5.41, 5.74) is 2.63. The van der Waals surface area contributed by atoms with Gasteiger partial charge in [0.05, 0.1) is 0 Å².